The highest BCUT2D eigenvalue weighted by Gasteiger charge is 2.45. The molecule has 0 saturated carbocycles. The van der Waals surface area contributed by atoms with Gasteiger partial charge in [0.1, 0.15) is 0 Å². The van der Waals surface area contributed by atoms with Crippen LogP contribution in [-0.2, 0) is 10.2 Å². The van der Waals surface area contributed by atoms with E-state index in [1.165, 1.54) is 23.1 Å². The third-order valence-electron chi connectivity index (χ3n) is 3.52. The number of amides is 1. The zero-order valence-electron chi connectivity index (χ0n) is 9.94. The molecule has 0 spiro atoms. The summed E-state index contributed by atoms with van der Waals surface area (Å²) in [4.78, 5) is 13.9. The molecule has 100 valence electrons. The molecule has 0 aromatic carbocycles. The number of hydrogen-bond acceptors (Lipinski definition) is 8. The molecule has 2 unspecified atom stereocenters. The molecule has 1 fully saturated rings. The summed E-state index contributed by atoms with van der Waals surface area (Å²) in [7, 11) is 0. The average molecular weight is 296 g/mol. The van der Waals surface area contributed by atoms with Gasteiger partial charge in [-0.1, -0.05) is 8.98 Å². The molecule has 0 bridgehead atoms. The predicted octanol–water partition coefficient (Wildman–Crippen LogP) is 0.237. The van der Waals surface area contributed by atoms with Crippen molar-refractivity contribution >= 4 is 29.0 Å². The molecule has 0 aliphatic carbocycles. The summed E-state index contributed by atoms with van der Waals surface area (Å²) in [6.45, 7) is 0.712. The molecule has 1 amide bonds. The van der Waals surface area contributed by atoms with Crippen LogP contribution in [0.4, 0.5) is 0 Å². The van der Waals surface area contributed by atoms with Crippen LogP contribution in [0, 0.1) is 0 Å². The summed E-state index contributed by atoms with van der Waals surface area (Å²) >= 11 is 2.57. The molecule has 1 aliphatic heterocycles. The highest BCUT2D eigenvalue weighted by Crippen LogP contribution is 2.41. The Morgan fingerprint density at radius 3 is 2.79 bits per heavy atom. The minimum absolute atomic E-state index is 0.0448. The Hall–Kier alpha value is -1.45. The van der Waals surface area contributed by atoms with Crippen LogP contribution in [0.5, 0.6) is 0 Å². The second kappa shape index (κ2) is 4.91. The summed E-state index contributed by atoms with van der Waals surface area (Å²) in [6, 6.07) is 0.0448. The molecular formula is C10H12N6OS2. The topological polar surface area (TPSA) is 107 Å². The van der Waals surface area contributed by atoms with Gasteiger partial charge in [-0.2, -0.15) is 0 Å². The first-order chi connectivity index (χ1) is 9.22. The van der Waals surface area contributed by atoms with Gasteiger partial charge in [-0.05, 0) is 42.5 Å². The SMILES string of the molecule is NC(=O)C1(c2cnns2)CCNC(c2cnns2)C1. The number of nitrogens with two attached hydrogens (primary N) is 1. The van der Waals surface area contributed by atoms with Crippen LogP contribution in [-0.4, -0.2) is 31.6 Å². The number of piperidine rings is 1. The van der Waals surface area contributed by atoms with E-state index in [1.807, 2.05) is 0 Å². The molecule has 1 saturated heterocycles. The summed E-state index contributed by atoms with van der Waals surface area (Å²) in [5, 5.41) is 11.1. The van der Waals surface area contributed by atoms with Crippen LogP contribution in [0.25, 0.3) is 0 Å². The molecule has 1 aliphatic rings. The second-order valence-electron chi connectivity index (χ2n) is 4.51. The smallest absolute Gasteiger partial charge is 0.229 e. The second-order valence-corrected chi connectivity index (χ2v) is 6.11. The Labute approximate surface area is 117 Å². The largest absolute Gasteiger partial charge is 0.369 e. The molecule has 3 N–H and O–H groups in total. The van der Waals surface area contributed by atoms with Crippen molar-refractivity contribution in [2.75, 3.05) is 6.54 Å². The van der Waals surface area contributed by atoms with E-state index in [1.54, 1.807) is 12.4 Å². The minimum atomic E-state index is -0.686. The van der Waals surface area contributed by atoms with Crippen molar-refractivity contribution < 1.29 is 4.79 Å². The minimum Gasteiger partial charge on any atom is -0.369 e. The van der Waals surface area contributed by atoms with E-state index in [4.69, 9.17) is 5.73 Å². The number of aromatic nitrogens is 4. The number of primary amides is 1. The number of nitrogens with one attached hydrogen (secondary N) is 1. The zero-order valence-corrected chi connectivity index (χ0v) is 11.6. The van der Waals surface area contributed by atoms with Crippen LogP contribution < -0.4 is 11.1 Å². The molecule has 7 nitrogen and oxygen atoms in total. The maximum absolute atomic E-state index is 12.0. The standard InChI is InChI=1S/C10H12N6OS2/c11-9(17)10(8-5-14-16-19-8)1-2-12-6(3-10)7-4-13-15-18-7/h4-6,12H,1-3H2,(H2,11,17). The van der Waals surface area contributed by atoms with E-state index >= 15 is 0 Å². The van der Waals surface area contributed by atoms with Crippen molar-refractivity contribution in [1.82, 2.24) is 24.5 Å². The number of carbonyl (C=O) groups excluding carboxylic acids is 1. The van der Waals surface area contributed by atoms with Crippen molar-refractivity contribution in [3.8, 4) is 0 Å². The Bertz CT molecular complexity index is 557. The number of nitrogens with zero attached hydrogens (tertiary/aromatic N) is 4. The predicted molar refractivity (Wildman–Crippen MR) is 70.7 cm³/mol. The van der Waals surface area contributed by atoms with Crippen molar-refractivity contribution in [3.05, 3.63) is 22.1 Å². The maximum Gasteiger partial charge on any atom is 0.229 e. The molecule has 2 atom stereocenters. The summed E-state index contributed by atoms with van der Waals surface area (Å²) in [5.41, 5.74) is 4.98. The van der Waals surface area contributed by atoms with Crippen LogP contribution in [0.2, 0.25) is 0 Å². The molecule has 3 rings (SSSR count). The first-order valence-electron chi connectivity index (χ1n) is 5.81. The van der Waals surface area contributed by atoms with Crippen molar-refractivity contribution in [2.45, 2.75) is 24.3 Å². The van der Waals surface area contributed by atoms with Gasteiger partial charge in [0.15, 0.2) is 0 Å². The van der Waals surface area contributed by atoms with Gasteiger partial charge in [-0.3, -0.25) is 4.79 Å². The summed E-state index contributed by atoms with van der Waals surface area (Å²) in [5.74, 6) is -0.317. The quantitative estimate of drug-likeness (QED) is 0.840. The highest BCUT2D eigenvalue weighted by molar-refractivity contribution is 7.06. The lowest BCUT2D eigenvalue weighted by Crippen LogP contribution is -2.49. The van der Waals surface area contributed by atoms with Crippen molar-refractivity contribution in [3.63, 3.8) is 0 Å². The Kier molecular flexibility index (Phi) is 3.25. The molecule has 3 heterocycles. The average Bonchev–Trinajstić information content (AvgIpc) is 3.12. The normalized spacial score (nSPS) is 27.3. The van der Waals surface area contributed by atoms with E-state index in [0.717, 1.165) is 9.75 Å². The Balaban J connectivity index is 1.95. The Morgan fingerprint density at radius 1 is 1.37 bits per heavy atom. The first kappa shape index (κ1) is 12.6. The third kappa shape index (κ3) is 2.13. The van der Waals surface area contributed by atoms with Gasteiger partial charge in [0.2, 0.25) is 5.91 Å². The molecule has 2 aromatic heterocycles. The van der Waals surface area contributed by atoms with Gasteiger partial charge < -0.3 is 11.1 Å². The summed E-state index contributed by atoms with van der Waals surface area (Å²) < 4.78 is 7.72. The van der Waals surface area contributed by atoms with E-state index in [-0.39, 0.29) is 11.9 Å². The fourth-order valence-electron chi connectivity index (χ4n) is 2.46. The van der Waals surface area contributed by atoms with Crippen LogP contribution in [0.15, 0.2) is 12.4 Å². The van der Waals surface area contributed by atoms with Gasteiger partial charge in [-0.15, -0.1) is 10.2 Å². The monoisotopic (exact) mass is 296 g/mol. The van der Waals surface area contributed by atoms with Gasteiger partial charge >= 0.3 is 0 Å². The molecule has 19 heavy (non-hydrogen) atoms. The zero-order chi connectivity index (χ0) is 13.3. The van der Waals surface area contributed by atoms with E-state index in [9.17, 15) is 4.79 Å². The first-order valence-corrected chi connectivity index (χ1v) is 7.35. The third-order valence-corrected chi connectivity index (χ3v) is 5.17. The fraction of sp³-hybridized carbons (Fsp3) is 0.500. The molecule has 2 aromatic rings. The maximum atomic E-state index is 12.0. The van der Waals surface area contributed by atoms with Gasteiger partial charge in [0.25, 0.3) is 0 Å². The molecule has 0 radical (unpaired) electrons. The van der Waals surface area contributed by atoms with Crippen molar-refractivity contribution in [2.24, 2.45) is 5.73 Å². The van der Waals surface area contributed by atoms with Crippen LogP contribution >= 0.6 is 23.1 Å². The Morgan fingerprint density at radius 2 is 2.16 bits per heavy atom. The number of hydrogen-bond donors (Lipinski definition) is 2. The molecular weight excluding hydrogens is 284 g/mol. The number of rotatable bonds is 3. The highest BCUT2D eigenvalue weighted by atomic mass is 32.1. The van der Waals surface area contributed by atoms with Gasteiger partial charge in [0, 0.05) is 6.04 Å². The van der Waals surface area contributed by atoms with Crippen molar-refractivity contribution in [1.29, 1.82) is 0 Å². The molecule has 9 heteroatoms. The lowest BCUT2D eigenvalue weighted by molar-refractivity contribution is -0.124. The van der Waals surface area contributed by atoms with Crippen LogP contribution in [0.1, 0.15) is 28.6 Å². The fourth-order valence-corrected chi connectivity index (χ4v) is 3.77. The lowest BCUT2D eigenvalue weighted by atomic mass is 9.74. The van der Waals surface area contributed by atoms with E-state index in [2.05, 4.69) is 24.5 Å². The van der Waals surface area contributed by atoms with E-state index in [0.29, 0.717) is 19.4 Å². The van der Waals surface area contributed by atoms with Crippen LogP contribution in [0.3, 0.4) is 0 Å². The van der Waals surface area contributed by atoms with E-state index < -0.39 is 5.41 Å². The number of carbonyl (C=O) groups is 1. The van der Waals surface area contributed by atoms with Gasteiger partial charge in [-0.25, -0.2) is 0 Å². The van der Waals surface area contributed by atoms with Gasteiger partial charge in [0.05, 0.1) is 27.6 Å². The lowest BCUT2D eigenvalue weighted by Gasteiger charge is -2.37. The summed E-state index contributed by atoms with van der Waals surface area (Å²) in [6.07, 6.45) is 4.62.